The Labute approximate surface area is 85.8 Å². The van der Waals surface area contributed by atoms with Gasteiger partial charge in [-0.3, -0.25) is 4.79 Å². The van der Waals surface area contributed by atoms with Crippen molar-refractivity contribution in [2.75, 3.05) is 13.7 Å². The van der Waals surface area contributed by atoms with E-state index >= 15 is 0 Å². The van der Waals surface area contributed by atoms with Gasteiger partial charge in [-0.1, -0.05) is 20.3 Å². The van der Waals surface area contributed by atoms with Gasteiger partial charge in [0.25, 0.3) is 0 Å². The highest BCUT2D eigenvalue weighted by molar-refractivity contribution is 5.90. The molecule has 0 bridgehead atoms. The number of carbonyl (C=O) groups excluding carboxylic acids is 1. The number of carbonyl (C=O) groups is 1. The van der Waals surface area contributed by atoms with E-state index in [0.29, 0.717) is 12.3 Å². The maximum absolute atomic E-state index is 11.0. The summed E-state index contributed by atoms with van der Waals surface area (Å²) in [7, 11) is 1.56. The molecule has 1 fully saturated rings. The molecule has 14 heavy (non-hydrogen) atoms. The number of rotatable bonds is 6. The Morgan fingerprint density at radius 2 is 2.29 bits per heavy atom. The zero-order valence-electron chi connectivity index (χ0n) is 9.29. The third kappa shape index (κ3) is 2.79. The van der Waals surface area contributed by atoms with Gasteiger partial charge < -0.3 is 9.47 Å². The van der Waals surface area contributed by atoms with E-state index in [9.17, 15) is 4.79 Å². The van der Waals surface area contributed by atoms with Gasteiger partial charge in [0, 0.05) is 20.1 Å². The average Bonchev–Trinajstić information content (AvgIpc) is 2.13. The van der Waals surface area contributed by atoms with Crippen LogP contribution in [0, 0.1) is 5.92 Å². The minimum atomic E-state index is -0.302. The number of Topliss-reactive ketones (excluding diaryl/α,β-unsaturated/α-hetero) is 1. The Bertz CT molecular complexity index is 191. The van der Waals surface area contributed by atoms with Crippen molar-refractivity contribution in [3.05, 3.63) is 0 Å². The van der Waals surface area contributed by atoms with E-state index in [1.165, 1.54) is 12.8 Å². The van der Waals surface area contributed by atoms with Gasteiger partial charge in [0.05, 0.1) is 6.10 Å². The lowest BCUT2D eigenvalue weighted by atomic mass is 9.90. The molecule has 3 atom stereocenters. The van der Waals surface area contributed by atoms with Gasteiger partial charge >= 0.3 is 0 Å². The fourth-order valence-corrected chi connectivity index (χ4v) is 1.76. The Balaban J connectivity index is 2.16. The van der Waals surface area contributed by atoms with E-state index in [-0.39, 0.29) is 18.0 Å². The van der Waals surface area contributed by atoms with Gasteiger partial charge in [0.2, 0.25) is 0 Å². The fraction of sp³-hybridized carbons (Fsp3) is 0.909. The SMILES string of the molecule is CCCC(C)COC1CC(=O)C1OC. The van der Waals surface area contributed by atoms with Gasteiger partial charge in [-0.15, -0.1) is 0 Å². The van der Waals surface area contributed by atoms with E-state index in [4.69, 9.17) is 9.47 Å². The Morgan fingerprint density at radius 1 is 1.57 bits per heavy atom. The summed E-state index contributed by atoms with van der Waals surface area (Å²) in [4.78, 5) is 11.0. The van der Waals surface area contributed by atoms with Crippen LogP contribution in [-0.4, -0.2) is 31.7 Å². The monoisotopic (exact) mass is 200 g/mol. The van der Waals surface area contributed by atoms with E-state index in [2.05, 4.69) is 13.8 Å². The molecule has 0 aromatic heterocycles. The summed E-state index contributed by atoms with van der Waals surface area (Å²) < 4.78 is 10.6. The van der Waals surface area contributed by atoms with Gasteiger partial charge in [0.15, 0.2) is 5.78 Å². The Hall–Kier alpha value is -0.410. The first-order valence-electron chi connectivity index (χ1n) is 5.36. The van der Waals surface area contributed by atoms with E-state index in [1.54, 1.807) is 7.11 Å². The number of ether oxygens (including phenoxy) is 2. The molecule has 3 heteroatoms. The highest BCUT2D eigenvalue weighted by Gasteiger charge is 2.40. The van der Waals surface area contributed by atoms with Crippen LogP contribution in [0.15, 0.2) is 0 Å². The fourth-order valence-electron chi connectivity index (χ4n) is 1.76. The lowest BCUT2D eigenvalue weighted by Gasteiger charge is -2.34. The second-order valence-electron chi connectivity index (χ2n) is 4.09. The summed E-state index contributed by atoms with van der Waals surface area (Å²) in [5, 5.41) is 0. The average molecular weight is 200 g/mol. The summed E-state index contributed by atoms with van der Waals surface area (Å²) in [6.45, 7) is 5.08. The first-order chi connectivity index (χ1) is 6.69. The predicted octanol–water partition coefficient (Wildman–Crippen LogP) is 1.80. The van der Waals surface area contributed by atoms with E-state index < -0.39 is 0 Å². The number of hydrogen-bond donors (Lipinski definition) is 0. The van der Waals surface area contributed by atoms with Crippen LogP contribution >= 0.6 is 0 Å². The number of hydrogen-bond acceptors (Lipinski definition) is 3. The molecule has 0 radical (unpaired) electrons. The molecule has 0 heterocycles. The van der Waals surface area contributed by atoms with Crippen molar-refractivity contribution in [1.82, 2.24) is 0 Å². The van der Waals surface area contributed by atoms with Crippen molar-refractivity contribution in [2.24, 2.45) is 5.92 Å². The zero-order valence-corrected chi connectivity index (χ0v) is 9.29. The molecule has 0 amide bonds. The van der Waals surface area contributed by atoms with Gasteiger partial charge in [-0.05, 0) is 12.3 Å². The van der Waals surface area contributed by atoms with Crippen LogP contribution in [0.2, 0.25) is 0 Å². The first kappa shape index (κ1) is 11.7. The quantitative estimate of drug-likeness (QED) is 0.655. The molecule has 0 aromatic rings. The van der Waals surface area contributed by atoms with Crippen molar-refractivity contribution in [3.63, 3.8) is 0 Å². The third-order valence-electron chi connectivity index (χ3n) is 2.69. The van der Waals surface area contributed by atoms with Crippen LogP contribution < -0.4 is 0 Å². The normalized spacial score (nSPS) is 28.6. The van der Waals surface area contributed by atoms with Gasteiger partial charge in [0.1, 0.15) is 6.10 Å². The highest BCUT2D eigenvalue weighted by Crippen LogP contribution is 2.23. The van der Waals surface area contributed by atoms with Crippen LogP contribution in [0.1, 0.15) is 33.1 Å². The van der Waals surface area contributed by atoms with Crippen LogP contribution in [-0.2, 0) is 14.3 Å². The molecule has 0 saturated heterocycles. The zero-order chi connectivity index (χ0) is 10.6. The van der Waals surface area contributed by atoms with Crippen molar-refractivity contribution < 1.29 is 14.3 Å². The first-order valence-corrected chi connectivity index (χ1v) is 5.36. The molecule has 1 saturated carbocycles. The molecule has 3 nitrogen and oxygen atoms in total. The molecule has 1 rings (SSSR count). The summed E-state index contributed by atoms with van der Waals surface area (Å²) in [6, 6.07) is 0. The van der Waals surface area contributed by atoms with Crippen molar-refractivity contribution >= 4 is 5.78 Å². The molecule has 0 aliphatic heterocycles. The molecule has 82 valence electrons. The van der Waals surface area contributed by atoms with Crippen molar-refractivity contribution in [2.45, 2.75) is 45.3 Å². The van der Waals surface area contributed by atoms with Crippen LogP contribution in [0.3, 0.4) is 0 Å². The van der Waals surface area contributed by atoms with E-state index in [1.807, 2.05) is 0 Å². The van der Waals surface area contributed by atoms with Crippen LogP contribution in [0.4, 0.5) is 0 Å². The summed E-state index contributed by atoms with van der Waals surface area (Å²) in [5.74, 6) is 0.744. The molecule has 1 aliphatic rings. The molecule has 1 aliphatic carbocycles. The molecular weight excluding hydrogens is 180 g/mol. The number of ketones is 1. The maximum Gasteiger partial charge on any atom is 0.166 e. The maximum atomic E-state index is 11.0. The molecule has 0 aromatic carbocycles. The van der Waals surface area contributed by atoms with Crippen molar-refractivity contribution in [3.8, 4) is 0 Å². The lowest BCUT2D eigenvalue weighted by molar-refractivity contribution is -0.162. The lowest BCUT2D eigenvalue weighted by Crippen LogP contribution is -2.50. The Morgan fingerprint density at radius 3 is 2.79 bits per heavy atom. The summed E-state index contributed by atoms with van der Waals surface area (Å²) in [5.41, 5.74) is 0. The van der Waals surface area contributed by atoms with Gasteiger partial charge in [-0.2, -0.15) is 0 Å². The Kier molecular flexibility index (Phi) is 4.55. The molecule has 0 spiro atoms. The minimum absolute atomic E-state index is 0.00630. The van der Waals surface area contributed by atoms with Crippen LogP contribution in [0.5, 0.6) is 0 Å². The van der Waals surface area contributed by atoms with E-state index in [0.717, 1.165) is 6.61 Å². The summed E-state index contributed by atoms with van der Waals surface area (Å²) >= 11 is 0. The standard InChI is InChI=1S/C11H20O3/c1-4-5-8(2)7-14-10-6-9(12)11(10)13-3/h8,10-11H,4-7H2,1-3H3. The number of methoxy groups -OCH3 is 1. The predicted molar refractivity (Wildman–Crippen MR) is 54.2 cm³/mol. The minimum Gasteiger partial charge on any atom is -0.374 e. The third-order valence-corrected chi connectivity index (χ3v) is 2.69. The molecule has 0 N–H and O–H groups in total. The second-order valence-corrected chi connectivity index (χ2v) is 4.09. The highest BCUT2D eigenvalue weighted by atomic mass is 16.5. The molecular formula is C11H20O3. The molecule has 3 unspecified atom stereocenters. The smallest absolute Gasteiger partial charge is 0.166 e. The summed E-state index contributed by atoms with van der Waals surface area (Å²) in [6.07, 6.45) is 2.59. The van der Waals surface area contributed by atoms with Gasteiger partial charge in [-0.25, -0.2) is 0 Å². The topological polar surface area (TPSA) is 35.5 Å². The van der Waals surface area contributed by atoms with Crippen molar-refractivity contribution in [1.29, 1.82) is 0 Å². The largest absolute Gasteiger partial charge is 0.374 e. The van der Waals surface area contributed by atoms with Crippen LogP contribution in [0.25, 0.3) is 0 Å². The second kappa shape index (κ2) is 5.47.